The van der Waals surface area contributed by atoms with Crippen molar-refractivity contribution in [3.63, 3.8) is 0 Å². The number of amides is 1. The lowest BCUT2D eigenvalue weighted by molar-refractivity contribution is -0.130. The molecule has 1 amide bonds. The fraction of sp³-hybridized carbons (Fsp3) is 0.217. The van der Waals surface area contributed by atoms with Gasteiger partial charge >= 0.3 is 0 Å². The Kier molecular flexibility index (Phi) is 5.03. The number of halogens is 1. The van der Waals surface area contributed by atoms with Gasteiger partial charge in [-0.15, -0.1) is 15.3 Å². The molecule has 0 aliphatic carbocycles. The molecule has 0 saturated carbocycles. The lowest BCUT2D eigenvalue weighted by atomic mass is 10.1. The standard InChI is InChI=1S/C23H21FN6O/c24-19-8-6-17(7-9-19)16-22(31)29-14-12-28(13-15-29)21-11-10-20-25-26-23(30(20)27-21)18-4-2-1-3-5-18/h1-11H,12-16H2. The molecule has 2 aromatic carbocycles. The Morgan fingerprint density at radius 2 is 1.61 bits per heavy atom. The molecular formula is C23H21FN6O. The number of hydrogen-bond donors (Lipinski definition) is 0. The second kappa shape index (κ2) is 8.14. The fourth-order valence-electron chi connectivity index (χ4n) is 3.79. The molecule has 156 valence electrons. The van der Waals surface area contributed by atoms with Crippen molar-refractivity contribution >= 4 is 17.4 Å². The van der Waals surface area contributed by atoms with Crippen LogP contribution >= 0.6 is 0 Å². The highest BCUT2D eigenvalue weighted by atomic mass is 19.1. The van der Waals surface area contributed by atoms with E-state index in [9.17, 15) is 9.18 Å². The van der Waals surface area contributed by atoms with Gasteiger partial charge in [-0.05, 0) is 29.8 Å². The summed E-state index contributed by atoms with van der Waals surface area (Å²) in [5, 5.41) is 13.3. The van der Waals surface area contributed by atoms with Crippen molar-refractivity contribution in [2.75, 3.05) is 31.1 Å². The molecule has 8 heteroatoms. The van der Waals surface area contributed by atoms with E-state index in [0.29, 0.717) is 37.7 Å². The monoisotopic (exact) mass is 416 g/mol. The first-order valence-corrected chi connectivity index (χ1v) is 10.2. The molecule has 2 aromatic heterocycles. The second-order valence-electron chi connectivity index (χ2n) is 7.52. The van der Waals surface area contributed by atoms with Gasteiger partial charge in [-0.25, -0.2) is 4.39 Å². The summed E-state index contributed by atoms with van der Waals surface area (Å²) in [7, 11) is 0. The highest BCUT2D eigenvalue weighted by Crippen LogP contribution is 2.20. The van der Waals surface area contributed by atoms with Crippen LogP contribution in [-0.4, -0.2) is 56.8 Å². The molecule has 0 atom stereocenters. The van der Waals surface area contributed by atoms with Gasteiger partial charge in [0.1, 0.15) is 11.6 Å². The van der Waals surface area contributed by atoms with E-state index in [0.717, 1.165) is 16.9 Å². The highest BCUT2D eigenvalue weighted by molar-refractivity contribution is 5.79. The van der Waals surface area contributed by atoms with Crippen LogP contribution in [0.2, 0.25) is 0 Å². The molecule has 7 nitrogen and oxygen atoms in total. The van der Waals surface area contributed by atoms with Crippen molar-refractivity contribution in [2.45, 2.75) is 6.42 Å². The Bertz CT molecular complexity index is 1200. The van der Waals surface area contributed by atoms with E-state index >= 15 is 0 Å². The van der Waals surface area contributed by atoms with E-state index in [-0.39, 0.29) is 18.1 Å². The van der Waals surface area contributed by atoms with Gasteiger partial charge in [0, 0.05) is 31.7 Å². The number of hydrogen-bond acceptors (Lipinski definition) is 5. The van der Waals surface area contributed by atoms with E-state index in [1.54, 1.807) is 16.6 Å². The normalized spacial score (nSPS) is 14.2. The summed E-state index contributed by atoms with van der Waals surface area (Å²) in [6, 6.07) is 19.8. The molecule has 3 heterocycles. The molecule has 0 unspecified atom stereocenters. The molecule has 0 bridgehead atoms. The third-order valence-corrected chi connectivity index (χ3v) is 5.51. The predicted octanol–water partition coefficient (Wildman–Crippen LogP) is 2.82. The molecule has 0 spiro atoms. The van der Waals surface area contributed by atoms with Crippen LogP contribution in [0.3, 0.4) is 0 Å². The minimum atomic E-state index is -0.294. The van der Waals surface area contributed by atoms with Crippen LogP contribution in [0.15, 0.2) is 66.7 Å². The van der Waals surface area contributed by atoms with E-state index in [1.165, 1.54) is 12.1 Å². The van der Waals surface area contributed by atoms with Crippen LogP contribution in [0.25, 0.3) is 17.0 Å². The third-order valence-electron chi connectivity index (χ3n) is 5.51. The largest absolute Gasteiger partial charge is 0.352 e. The third kappa shape index (κ3) is 3.96. The maximum Gasteiger partial charge on any atom is 0.227 e. The lowest BCUT2D eigenvalue weighted by Crippen LogP contribution is -2.49. The summed E-state index contributed by atoms with van der Waals surface area (Å²) in [6.45, 7) is 2.62. The molecule has 1 saturated heterocycles. The number of fused-ring (bicyclic) bond motifs is 1. The van der Waals surface area contributed by atoms with Gasteiger partial charge in [0.25, 0.3) is 0 Å². The summed E-state index contributed by atoms with van der Waals surface area (Å²) in [5.41, 5.74) is 2.47. The molecule has 1 aliphatic rings. The average Bonchev–Trinajstić information content (AvgIpc) is 3.24. The number of nitrogens with zero attached hydrogens (tertiary/aromatic N) is 6. The summed E-state index contributed by atoms with van der Waals surface area (Å²) < 4.78 is 14.8. The van der Waals surface area contributed by atoms with Crippen molar-refractivity contribution in [3.8, 4) is 11.4 Å². The van der Waals surface area contributed by atoms with E-state index in [1.807, 2.05) is 47.4 Å². The van der Waals surface area contributed by atoms with Crippen LogP contribution in [0.4, 0.5) is 10.2 Å². The molecule has 1 fully saturated rings. The van der Waals surface area contributed by atoms with Crippen LogP contribution in [-0.2, 0) is 11.2 Å². The van der Waals surface area contributed by atoms with Gasteiger partial charge in [0.2, 0.25) is 5.91 Å². The first-order valence-electron chi connectivity index (χ1n) is 10.2. The predicted molar refractivity (Wildman–Crippen MR) is 115 cm³/mol. The van der Waals surface area contributed by atoms with Crippen LogP contribution in [0, 0.1) is 5.82 Å². The minimum absolute atomic E-state index is 0.0554. The van der Waals surface area contributed by atoms with Crippen molar-refractivity contribution in [1.82, 2.24) is 24.7 Å². The number of rotatable bonds is 4. The molecule has 0 N–H and O–H groups in total. The number of carbonyl (C=O) groups is 1. The van der Waals surface area contributed by atoms with E-state index in [4.69, 9.17) is 5.10 Å². The smallest absolute Gasteiger partial charge is 0.227 e. The quantitative estimate of drug-likeness (QED) is 0.512. The zero-order valence-electron chi connectivity index (χ0n) is 16.9. The van der Waals surface area contributed by atoms with E-state index in [2.05, 4.69) is 15.1 Å². The highest BCUT2D eigenvalue weighted by Gasteiger charge is 2.23. The van der Waals surface area contributed by atoms with Gasteiger partial charge in [0.15, 0.2) is 11.5 Å². The topological polar surface area (TPSA) is 66.6 Å². The summed E-state index contributed by atoms with van der Waals surface area (Å²) >= 11 is 0. The van der Waals surface area contributed by atoms with Gasteiger partial charge in [-0.3, -0.25) is 4.79 Å². The summed E-state index contributed by atoms with van der Waals surface area (Å²) in [6.07, 6.45) is 0.283. The molecule has 4 aromatic rings. The summed E-state index contributed by atoms with van der Waals surface area (Å²) in [4.78, 5) is 16.6. The number of piperazine rings is 1. The Morgan fingerprint density at radius 1 is 0.871 bits per heavy atom. The van der Waals surface area contributed by atoms with Gasteiger partial charge < -0.3 is 9.80 Å². The molecular weight excluding hydrogens is 395 g/mol. The maximum absolute atomic E-state index is 13.1. The average molecular weight is 416 g/mol. The maximum atomic E-state index is 13.1. The van der Waals surface area contributed by atoms with Crippen molar-refractivity contribution < 1.29 is 9.18 Å². The molecule has 31 heavy (non-hydrogen) atoms. The Labute approximate surface area is 178 Å². The van der Waals surface area contributed by atoms with Crippen molar-refractivity contribution in [3.05, 3.63) is 78.1 Å². The first-order chi connectivity index (χ1) is 15.2. The SMILES string of the molecule is O=C(Cc1ccc(F)cc1)N1CCN(c2ccc3nnc(-c4ccccc4)n3n2)CC1. The van der Waals surface area contributed by atoms with Gasteiger partial charge in [-0.1, -0.05) is 42.5 Å². The number of aromatic nitrogens is 4. The van der Waals surface area contributed by atoms with Gasteiger partial charge in [0.05, 0.1) is 6.42 Å². The van der Waals surface area contributed by atoms with Crippen LogP contribution < -0.4 is 4.90 Å². The fourth-order valence-corrected chi connectivity index (χ4v) is 3.79. The Hall–Kier alpha value is -3.81. The number of benzene rings is 2. The van der Waals surface area contributed by atoms with Gasteiger partial charge in [-0.2, -0.15) is 4.52 Å². The first kappa shape index (κ1) is 19.2. The lowest BCUT2D eigenvalue weighted by Gasteiger charge is -2.35. The van der Waals surface area contributed by atoms with Crippen LogP contribution in [0.5, 0.6) is 0 Å². The van der Waals surface area contributed by atoms with E-state index < -0.39 is 0 Å². The Morgan fingerprint density at radius 3 is 2.35 bits per heavy atom. The zero-order valence-corrected chi connectivity index (χ0v) is 16.9. The molecule has 1 aliphatic heterocycles. The number of anilines is 1. The van der Waals surface area contributed by atoms with Crippen molar-refractivity contribution in [2.24, 2.45) is 0 Å². The molecule has 5 rings (SSSR count). The minimum Gasteiger partial charge on any atom is -0.352 e. The Balaban J connectivity index is 1.28. The van der Waals surface area contributed by atoms with Crippen LogP contribution in [0.1, 0.15) is 5.56 Å². The number of carbonyl (C=O) groups excluding carboxylic acids is 1. The summed E-state index contributed by atoms with van der Waals surface area (Å²) in [5.74, 6) is 1.29. The second-order valence-corrected chi connectivity index (χ2v) is 7.52. The van der Waals surface area contributed by atoms with Crippen molar-refractivity contribution in [1.29, 1.82) is 0 Å². The molecule has 0 radical (unpaired) electrons. The zero-order chi connectivity index (χ0) is 21.2.